The SMILES string of the molecule is Fc1cnc(NCCCCn2ccnc2)c(F)c1. The maximum absolute atomic E-state index is 13.2. The molecule has 0 aliphatic rings. The fourth-order valence-corrected chi connectivity index (χ4v) is 1.59. The lowest BCUT2D eigenvalue weighted by atomic mass is 10.3. The fraction of sp³-hybridized carbons (Fsp3) is 0.333. The highest BCUT2D eigenvalue weighted by molar-refractivity contribution is 5.35. The molecule has 2 heterocycles. The Labute approximate surface area is 104 Å². The van der Waals surface area contributed by atoms with Gasteiger partial charge in [-0.25, -0.2) is 18.7 Å². The van der Waals surface area contributed by atoms with E-state index in [1.54, 1.807) is 12.5 Å². The van der Waals surface area contributed by atoms with E-state index < -0.39 is 11.6 Å². The molecule has 0 amide bonds. The summed E-state index contributed by atoms with van der Waals surface area (Å²) in [6.07, 6.45) is 8.21. The van der Waals surface area contributed by atoms with E-state index >= 15 is 0 Å². The van der Waals surface area contributed by atoms with Gasteiger partial charge >= 0.3 is 0 Å². The number of aryl methyl sites for hydroxylation is 1. The number of pyridine rings is 1. The van der Waals surface area contributed by atoms with Gasteiger partial charge < -0.3 is 9.88 Å². The van der Waals surface area contributed by atoms with Crippen molar-refractivity contribution < 1.29 is 8.78 Å². The first-order valence-corrected chi connectivity index (χ1v) is 5.76. The number of hydrogen-bond acceptors (Lipinski definition) is 3. The van der Waals surface area contributed by atoms with Gasteiger partial charge in [0.25, 0.3) is 0 Å². The third-order valence-electron chi connectivity index (χ3n) is 2.50. The molecule has 0 bridgehead atoms. The summed E-state index contributed by atoms with van der Waals surface area (Å²) >= 11 is 0. The molecule has 0 atom stereocenters. The lowest BCUT2D eigenvalue weighted by molar-refractivity contribution is 0.573. The van der Waals surface area contributed by atoms with Crippen molar-refractivity contribution in [2.75, 3.05) is 11.9 Å². The van der Waals surface area contributed by atoms with Crippen LogP contribution in [0.25, 0.3) is 0 Å². The van der Waals surface area contributed by atoms with Crippen LogP contribution < -0.4 is 5.32 Å². The summed E-state index contributed by atoms with van der Waals surface area (Å²) in [6.45, 7) is 1.48. The van der Waals surface area contributed by atoms with Gasteiger partial charge in [0.05, 0.1) is 12.5 Å². The Morgan fingerprint density at radius 1 is 1.28 bits per heavy atom. The first-order valence-electron chi connectivity index (χ1n) is 5.76. The van der Waals surface area contributed by atoms with Crippen LogP contribution in [-0.2, 0) is 6.54 Å². The molecule has 0 aliphatic carbocycles. The molecule has 2 aromatic rings. The van der Waals surface area contributed by atoms with Crippen LogP contribution in [0, 0.1) is 11.6 Å². The molecule has 4 nitrogen and oxygen atoms in total. The number of nitrogens with one attached hydrogen (secondary N) is 1. The summed E-state index contributed by atoms with van der Waals surface area (Å²) < 4.78 is 27.8. The zero-order valence-electron chi connectivity index (χ0n) is 9.81. The Balaban J connectivity index is 1.69. The van der Waals surface area contributed by atoms with E-state index in [0.717, 1.165) is 31.6 Å². The maximum Gasteiger partial charge on any atom is 0.168 e. The second kappa shape index (κ2) is 6.09. The molecular weight excluding hydrogens is 238 g/mol. The second-order valence-corrected chi connectivity index (χ2v) is 3.92. The summed E-state index contributed by atoms with van der Waals surface area (Å²) in [5.41, 5.74) is 0. The van der Waals surface area contributed by atoms with Gasteiger partial charge in [0.1, 0.15) is 5.82 Å². The number of unbranched alkanes of at least 4 members (excludes halogenated alkanes) is 1. The highest BCUT2D eigenvalue weighted by Crippen LogP contribution is 2.11. The van der Waals surface area contributed by atoms with E-state index in [2.05, 4.69) is 15.3 Å². The van der Waals surface area contributed by atoms with Crippen LogP contribution in [-0.4, -0.2) is 21.1 Å². The molecule has 0 aliphatic heterocycles. The fourth-order valence-electron chi connectivity index (χ4n) is 1.59. The van der Waals surface area contributed by atoms with Crippen LogP contribution in [0.4, 0.5) is 14.6 Å². The van der Waals surface area contributed by atoms with E-state index in [0.29, 0.717) is 6.54 Å². The standard InChI is InChI=1S/C12H14F2N4/c13-10-7-11(14)12(17-8-10)16-3-1-2-5-18-6-4-15-9-18/h4,6-9H,1-3,5H2,(H,16,17). The Morgan fingerprint density at radius 2 is 2.17 bits per heavy atom. The van der Waals surface area contributed by atoms with Crippen molar-refractivity contribution in [3.05, 3.63) is 42.6 Å². The van der Waals surface area contributed by atoms with Crippen LogP contribution in [0.3, 0.4) is 0 Å². The number of aromatic nitrogens is 3. The Morgan fingerprint density at radius 3 is 2.89 bits per heavy atom. The number of anilines is 1. The predicted octanol–water partition coefficient (Wildman–Crippen LogP) is 2.45. The molecule has 0 aromatic carbocycles. The zero-order chi connectivity index (χ0) is 12.8. The van der Waals surface area contributed by atoms with Crippen LogP contribution in [0.1, 0.15) is 12.8 Å². The van der Waals surface area contributed by atoms with Crippen molar-refractivity contribution in [2.45, 2.75) is 19.4 Å². The normalized spacial score (nSPS) is 10.6. The monoisotopic (exact) mass is 252 g/mol. The lowest BCUT2D eigenvalue weighted by Crippen LogP contribution is -2.07. The molecule has 6 heteroatoms. The van der Waals surface area contributed by atoms with E-state index in [1.807, 2.05) is 10.8 Å². The number of halogens is 2. The molecule has 0 unspecified atom stereocenters. The third-order valence-corrected chi connectivity index (χ3v) is 2.50. The van der Waals surface area contributed by atoms with Gasteiger partial charge in [-0.1, -0.05) is 0 Å². The molecule has 96 valence electrons. The predicted molar refractivity (Wildman–Crippen MR) is 64.1 cm³/mol. The minimum Gasteiger partial charge on any atom is -0.368 e. The summed E-state index contributed by atoms with van der Waals surface area (Å²) in [7, 11) is 0. The third kappa shape index (κ3) is 3.51. The average molecular weight is 252 g/mol. The van der Waals surface area contributed by atoms with E-state index in [4.69, 9.17) is 0 Å². The van der Waals surface area contributed by atoms with Gasteiger partial charge in [-0.2, -0.15) is 0 Å². The molecule has 0 radical (unpaired) electrons. The molecular formula is C12H14F2N4. The first-order chi connectivity index (χ1) is 8.75. The summed E-state index contributed by atoms with van der Waals surface area (Å²) in [4.78, 5) is 7.59. The highest BCUT2D eigenvalue weighted by Gasteiger charge is 2.03. The molecule has 0 saturated heterocycles. The Hall–Kier alpha value is -1.98. The summed E-state index contributed by atoms with van der Waals surface area (Å²) in [6, 6.07) is 0.820. The van der Waals surface area contributed by atoms with Crippen molar-refractivity contribution in [3.8, 4) is 0 Å². The van der Waals surface area contributed by atoms with Gasteiger partial charge in [-0.3, -0.25) is 0 Å². The van der Waals surface area contributed by atoms with Crippen LogP contribution in [0.5, 0.6) is 0 Å². The minimum atomic E-state index is -0.668. The van der Waals surface area contributed by atoms with Gasteiger partial charge in [-0.05, 0) is 12.8 Å². The summed E-state index contributed by atoms with van der Waals surface area (Å²) in [5.74, 6) is -1.23. The van der Waals surface area contributed by atoms with Crippen molar-refractivity contribution >= 4 is 5.82 Å². The van der Waals surface area contributed by atoms with Crippen LogP contribution >= 0.6 is 0 Å². The first kappa shape index (κ1) is 12.5. The topological polar surface area (TPSA) is 42.7 Å². The van der Waals surface area contributed by atoms with Gasteiger partial charge in [0.15, 0.2) is 11.6 Å². The van der Waals surface area contributed by atoms with Crippen molar-refractivity contribution in [1.29, 1.82) is 0 Å². The summed E-state index contributed by atoms with van der Waals surface area (Å²) in [5, 5.41) is 2.84. The Bertz CT molecular complexity index is 485. The molecule has 0 spiro atoms. The van der Waals surface area contributed by atoms with Crippen LogP contribution in [0.15, 0.2) is 31.0 Å². The smallest absolute Gasteiger partial charge is 0.168 e. The van der Waals surface area contributed by atoms with Gasteiger partial charge in [-0.15, -0.1) is 0 Å². The van der Waals surface area contributed by atoms with Crippen molar-refractivity contribution in [2.24, 2.45) is 0 Å². The maximum atomic E-state index is 13.2. The number of imidazole rings is 1. The molecule has 2 aromatic heterocycles. The number of rotatable bonds is 6. The number of hydrogen-bond donors (Lipinski definition) is 1. The van der Waals surface area contributed by atoms with E-state index in [-0.39, 0.29) is 5.82 Å². The highest BCUT2D eigenvalue weighted by atomic mass is 19.1. The van der Waals surface area contributed by atoms with E-state index in [9.17, 15) is 8.78 Å². The van der Waals surface area contributed by atoms with Gasteiger partial charge in [0, 0.05) is 31.5 Å². The zero-order valence-corrected chi connectivity index (χ0v) is 9.81. The van der Waals surface area contributed by atoms with Crippen LogP contribution in [0.2, 0.25) is 0 Å². The lowest BCUT2D eigenvalue weighted by Gasteiger charge is -2.06. The largest absolute Gasteiger partial charge is 0.368 e. The quantitative estimate of drug-likeness (QED) is 0.803. The second-order valence-electron chi connectivity index (χ2n) is 3.92. The average Bonchev–Trinajstić information content (AvgIpc) is 2.84. The minimum absolute atomic E-state index is 0.0963. The molecule has 1 N–H and O–H groups in total. The molecule has 18 heavy (non-hydrogen) atoms. The molecule has 0 fully saturated rings. The van der Waals surface area contributed by atoms with Gasteiger partial charge in [0.2, 0.25) is 0 Å². The number of nitrogens with zero attached hydrogens (tertiary/aromatic N) is 3. The van der Waals surface area contributed by atoms with Crippen molar-refractivity contribution in [1.82, 2.24) is 14.5 Å². The van der Waals surface area contributed by atoms with Crippen molar-refractivity contribution in [3.63, 3.8) is 0 Å². The molecule has 0 saturated carbocycles. The van der Waals surface area contributed by atoms with E-state index in [1.165, 1.54) is 0 Å². The Kier molecular flexibility index (Phi) is 4.22. The molecule has 2 rings (SSSR count).